The monoisotopic (exact) mass is 420 g/mol. The van der Waals surface area contributed by atoms with Gasteiger partial charge in [0.1, 0.15) is 13.2 Å². The third-order valence-electron chi connectivity index (χ3n) is 4.66. The highest BCUT2D eigenvalue weighted by molar-refractivity contribution is 8.01. The molecule has 1 saturated heterocycles. The van der Waals surface area contributed by atoms with Gasteiger partial charge in [-0.2, -0.15) is 0 Å². The van der Waals surface area contributed by atoms with E-state index in [2.05, 4.69) is 29.4 Å². The highest BCUT2D eigenvalue weighted by Gasteiger charge is 2.31. The third-order valence-corrected chi connectivity index (χ3v) is 6.63. The van der Waals surface area contributed by atoms with E-state index in [1.54, 1.807) is 0 Å². The van der Waals surface area contributed by atoms with Gasteiger partial charge in [-0.3, -0.25) is 4.79 Å². The summed E-state index contributed by atoms with van der Waals surface area (Å²) in [6.07, 6.45) is 1.98. The molecule has 0 saturated carbocycles. The van der Waals surface area contributed by atoms with Crippen molar-refractivity contribution in [3.05, 3.63) is 23.8 Å². The Bertz CT molecular complexity index is 842. The number of carbonyl (C=O) groups is 1. The van der Waals surface area contributed by atoms with Crippen LogP contribution in [0.3, 0.4) is 0 Å². The van der Waals surface area contributed by atoms with Gasteiger partial charge >= 0.3 is 0 Å². The molecule has 7 nitrogen and oxygen atoms in total. The maximum absolute atomic E-state index is 12.9. The van der Waals surface area contributed by atoms with Gasteiger partial charge in [0, 0.05) is 12.6 Å². The normalized spacial score (nSPS) is 18.5. The second-order valence-electron chi connectivity index (χ2n) is 7.11. The Balaban J connectivity index is 1.39. The summed E-state index contributed by atoms with van der Waals surface area (Å²) in [4.78, 5) is 14.8. The van der Waals surface area contributed by atoms with Crippen molar-refractivity contribution in [2.24, 2.45) is 0 Å². The summed E-state index contributed by atoms with van der Waals surface area (Å²) >= 11 is 2.94. The molecular formula is C19H24N4O3S2. The largest absolute Gasteiger partial charge is 0.486 e. The van der Waals surface area contributed by atoms with E-state index in [1.165, 1.54) is 23.1 Å². The number of amides is 1. The van der Waals surface area contributed by atoms with E-state index >= 15 is 0 Å². The quantitative estimate of drug-likeness (QED) is 0.716. The number of likely N-dealkylation sites (tertiary alicyclic amines) is 1. The van der Waals surface area contributed by atoms with Gasteiger partial charge in [0.05, 0.1) is 11.8 Å². The van der Waals surface area contributed by atoms with E-state index in [9.17, 15) is 4.79 Å². The first-order chi connectivity index (χ1) is 13.6. The molecule has 1 unspecified atom stereocenters. The maximum atomic E-state index is 12.9. The first-order valence-corrected chi connectivity index (χ1v) is 11.3. The first kappa shape index (κ1) is 19.3. The number of ether oxygens (including phenoxy) is 2. The van der Waals surface area contributed by atoms with E-state index < -0.39 is 0 Å². The van der Waals surface area contributed by atoms with Gasteiger partial charge in [0.25, 0.3) is 0 Å². The van der Waals surface area contributed by atoms with Crippen LogP contribution >= 0.6 is 23.1 Å². The smallest absolute Gasteiger partial charge is 0.233 e. The van der Waals surface area contributed by atoms with Crippen LogP contribution in [0, 0.1) is 0 Å². The molecule has 0 spiro atoms. The van der Waals surface area contributed by atoms with E-state index in [-0.39, 0.29) is 11.9 Å². The molecule has 0 aliphatic carbocycles. The first-order valence-electron chi connectivity index (χ1n) is 9.52. The number of anilines is 1. The van der Waals surface area contributed by atoms with E-state index in [0.717, 1.165) is 45.9 Å². The molecule has 1 amide bonds. The van der Waals surface area contributed by atoms with Gasteiger partial charge < -0.3 is 19.7 Å². The molecule has 1 fully saturated rings. The number of rotatable bonds is 6. The molecule has 0 radical (unpaired) electrons. The minimum absolute atomic E-state index is 0.0940. The Hall–Kier alpha value is -2.00. The summed E-state index contributed by atoms with van der Waals surface area (Å²) in [7, 11) is 0. The van der Waals surface area contributed by atoms with Crippen molar-refractivity contribution in [1.82, 2.24) is 15.1 Å². The Morgan fingerprint density at radius 2 is 2.14 bits per heavy atom. The van der Waals surface area contributed by atoms with Gasteiger partial charge in [-0.25, -0.2) is 0 Å². The lowest BCUT2D eigenvalue weighted by molar-refractivity contribution is -0.129. The van der Waals surface area contributed by atoms with Crippen LogP contribution < -0.4 is 14.8 Å². The van der Waals surface area contributed by atoms with E-state index in [0.29, 0.717) is 25.0 Å². The fourth-order valence-electron chi connectivity index (χ4n) is 3.46. The number of hydrogen-bond donors (Lipinski definition) is 1. The molecule has 1 aromatic heterocycles. The van der Waals surface area contributed by atoms with Gasteiger partial charge in [-0.05, 0) is 44.4 Å². The lowest BCUT2D eigenvalue weighted by atomic mass is 10.0. The minimum atomic E-state index is 0.0940. The molecule has 1 atom stereocenters. The maximum Gasteiger partial charge on any atom is 0.233 e. The lowest BCUT2D eigenvalue weighted by Gasteiger charge is -2.26. The summed E-state index contributed by atoms with van der Waals surface area (Å²) in [6, 6.07) is 6.42. The highest BCUT2D eigenvalue weighted by atomic mass is 32.2. The standard InChI is InChI=1S/C19H24N4O3S2/c1-12(2)20-18-21-22-19(28-18)27-11-17(24)23-7-3-4-14(23)13-5-6-15-16(10-13)26-9-8-25-15/h5-6,10,12,14H,3-4,7-9,11H2,1-2H3,(H,20,21). The molecule has 150 valence electrons. The number of nitrogens with zero attached hydrogens (tertiary/aromatic N) is 3. The molecule has 1 aromatic carbocycles. The summed E-state index contributed by atoms with van der Waals surface area (Å²) in [5.74, 6) is 2.06. The van der Waals surface area contributed by atoms with Gasteiger partial charge in [-0.15, -0.1) is 10.2 Å². The van der Waals surface area contributed by atoms with Crippen molar-refractivity contribution in [2.75, 3.05) is 30.8 Å². The van der Waals surface area contributed by atoms with Crippen LogP contribution in [0.4, 0.5) is 5.13 Å². The van der Waals surface area contributed by atoms with Crippen LogP contribution in [-0.2, 0) is 4.79 Å². The zero-order valence-electron chi connectivity index (χ0n) is 16.0. The van der Waals surface area contributed by atoms with Gasteiger partial charge in [0.15, 0.2) is 15.8 Å². The third kappa shape index (κ3) is 4.35. The second-order valence-corrected chi connectivity index (χ2v) is 9.31. The summed E-state index contributed by atoms with van der Waals surface area (Å²) < 4.78 is 12.1. The molecule has 9 heteroatoms. The van der Waals surface area contributed by atoms with Crippen LogP contribution in [-0.4, -0.2) is 52.6 Å². The fraction of sp³-hybridized carbons (Fsp3) is 0.526. The highest BCUT2D eigenvalue weighted by Crippen LogP contribution is 2.38. The predicted molar refractivity (Wildman–Crippen MR) is 111 cm³/mol. The van der Waals surface area contributed by atoms with Crippen molar-refractivity contribution in [3.63, 3.8) is 0 Å². The predicted octanol–water partition coefficient (Wildman–Crippen LogP) is 3.59. The number of carbonyl (C=O) groups excluding carboxylic acids is 1. The Morgan fingerprint density at radius 3 is 2.96 bits per heavy atom. The van der Waals surface area contributed by atoms with Crippen LogP contribution in [0.1, 0.15) is 38.3 Å². The zero-order valence-corrected chi connectivity index (χ0v) is 17.6. The number of thioether (sulfide) groups is 1. The number of aromatic nitrogens is 2. The molecular weight excluding hydrogens is 396 g/mol. The number of hydrogen-bond acceptors (Lipinski definition) is 8. The molecule has 2 aliphatic rings. The van der Waals surface area contributed by atoms with Gasteiger partial charge in [-0.1, -0.05) is 29.2 Å². The number of benzene rings is 1. The van der Waals surface area contributed by atoms with Crippen molar-refractivity contribution in [3.8, 4) is 11.5 Å². The Morgan fingerprint density at radius 1 is 1.32 bits per heavy atom. The van der Waals surface area contributed by atoms with E-state index in [1.807, 2.05) is 23.1 Å². The van der Waals surface area contributed by atoms with Crippen molar-refractivity contribution < 1.29 is 14.3 Å². The number of nitrogens with one attached hydrogen (secondary N) is 1. The van der Waals surface area contributed by atoms with Crippen molar-refractivity contribution >= 4 is 34.1 Å². The van der Waals surface area contributed by atoms with Crippen LogP contribution in [0.5, 0.6) is 11.5 Å². The fourth-order valence-corrected chi connectivity index (χ4v) is 5.24. The van der Waals surface area contributed by atoms with Crippen molar-refractivity contribution in [1.29, 1.82) is 0 Å². The number of fused-ring (bicyclic) bond motifs is 1. The minimum Gasteiger partial charge on any atom is -0.486 e. The second kappa shape index (κ2) is 8.57. The molecule has 4 rings (SSSR count). The Kier molecular flexibility index (Phi) is 5.91. The SMILES string of the molecule is CC(C)Nc1nnc(SCC(=O)N2CCCC2c2ccc3c(c2)OCCO3)s1. The molecule has 3 heterocycles. The summed E-state index contributed by atoms with van der Waals surface area (Å²) in [5, 5.41) is 12.3. The lowest BCUT2D eigenvalue weighted by Crippen LogP contribution is -2.32. The molecule has 2 aliphatic heterocycles. The zero-order chi connectivity index (χ0) is 19.5. The molecule has 28 heavy (non-hydrogen) atoms. The average Bonchev–Trinajstić information content (AvgIpc) is 3.35. The average molecular weight is 421 g/mol. The molecule has 2 aromatic rings. The summed E-state index contributed by atoms with van der Waals surface area (Å²) in [5.41, 5.74) is 1.11. The Labute approximate surface area is 172 Å². The molecule has 0 bridgehead atoms. The van der Waals surface area contributed by atoms with Crippen LogP contribution in [0.15, 0.2) is 22.5 Å². The van der Waals surface area contributed by atoms with Crippen molar-refractivity contribution in [2.45, 2.75) is 43.1 Å². The van der Waals surface area contributed by atoms with Crippen LogP contribution in [0.25, 0.3) is 0 Å². The van der Waals surface area contributed by atoms with E-state index in [4.69, 9.17) is 9.47 Å². The molecule has 1 N–H and O–H groups in total. The summed E-state index contributed by atoms with van der Waals surface area (Å²) in [6.45, 7) is 6.05. The van der Waals surface area contributed by atoms with Gasteiger partial charge in [0.2, 0.25) is 11.0 Å². The topological polar surface area (TPSA) is 76.6 Å². The van der Waals surface area contributed by atoms with Crippen LogP contribution in [0.2, 0.25) is 0 Å².